The molecule has 4 rings (SSSR count). The van der Waals surface area contributed by atoms with E-state index < -0.39 is 0 Å². The minimum atomic E-state index is 0.629. The Morgan fingerprint density at radius 2 is 2.04 bits per heavy atom. The number of hydrogen-bond acceptors (Lipinski definition) is 6. The molecule has 1 aliphatic rings. The number of anilines is 1. The molecule has 7 nitrogen and oxygen atoms in total. The number of piperazine rings is 1. The van der Waals surface area contributed by atoms with Crippen LogP contribution in [0.2, 0.25) is 0 Å². The summed E-state index contributed by atoms with van der Waals surface area (Å²) < 4.78 is 10.4. The SMILES string of the molecule is CCc1nsc(N2CCN(C(=NC)NCc3oc4ccccc4c3C)CC2)n1. The molecule has 0 bridgehead atoms. The second-order valence-corrected chi connectivity index (χ2v) is 7.60. The van der Waals surface area contributed by atoms with Gasteiger partial charge in [0, 0.05) is 62.1 Å². The van der Waals surface area contributed by atoms with Gasteiger partial charge < -0.3 is 19.5 Å². The Hall–Kier alpha value is -2.61. The monoisotopic (exact) mass is 398 g/mol. The number of para-hydroxylation sites is 1. The van der Waals surface area contributed by atoms with Crippen LogP contribution in [-0.2, 0) is 13.0 Å². The van der Waals surface area contributed by atoms with E-state index in [0.29, 0.717) is 6.54 Å². The van der Waals surface area contributed by atoms with Crippen LogP contribution in [0.15, 0.2) is 33.7 Å². The number of nitrogens with one attached hydrogen (secondary N) is 1. The third kappa shape index (κ3) is 3.69. The van der Waals surface area contributed by atoms with Crippen molar-refractivity contribution < 1.29 is 4.42 Å². The topological polar surface area (TPSA) is 69.8 Å². The van der Waals surface area contributed by atoms with Crippen molar-refractivity contribution in [1.29, 1.82) is 0 Å². The zero-order chi connectivity index (χ0) is 19.5. The van der Waals surface area contributed by atoms with Crippen LogP contribution < -0.4 is 10.2 Å². The number of guanidine groups is 1. The summed E-state index contributed by atoms with van der Waals surface area (Å²) in [4.78, 5) is 13.7. The Bertz CT molecular complexity index is 970. The maximum Gasteiger partial charge on any atom is 0.205 e. The first-order valence-electron chi connectivity index (χ1n) is 9.69. The molecule has 0 unspecified atom stereocenters. The van der Waals surface area contributed by atoms with Crippen molar-refractivity contribution >= 4 is 33.6 Å². The predicted molar refractivity (Wildman–Crippen MR) is 114 cm³/mol. The standard InChI is InChI=1S/C20H26N6OS/c1-4-18-23-20(28-24-18)26-11-9-25(10-12-26)19(21-3)22-13-17-14(2)15-7-5-6-8-16(15)27-17/h5-8H,4,9-13H2,1-3H3,(H,21,22). The second-order valence-electron chi connectivity index (χ2n) is 6.87. The van der Waals surface area contributed by atoms with Crippen molar-refractivity contribution in [2.24, 2.45) is 4.99 Å². The van der Waals surface area contributed by atoms with Crippen LogP contribution in [0.1, 0.15) is 24.1 Å². The fraction of sp³-hybridized carbons (Fsp3) is 0.450. The van der Waals surface area contributed by atoms with E-state index in [-0.39, 0.29) is 0 Å². The first kappa shape index (κ1) is 18.7. The lowest BCUT2D eigenvalue weighted by Crippen LogP contribution is -2.52. The molecule has 1 N–H and O–H groups in total. The van der Waals surface area contributed by atoms with Crippen LogP contribution >= 0.6 is 11.5 Å². The highest BCUT2D eigenvalue weighted by atomic mass is 32.1. The van der Waals surface area contributed by atoms with E-state index in [2.05, 4.69) is 49.4 Å². The number of fused-ring (bicyclic) bond motifs is 1. The van der Waals surface area contributed by atoms with Gasteiger partial charge in [0.05, 0.1) is 6.54 Å². The molecule has 1 saturated heterocycles. The lowest BCUT2D eigenvalue weighted by molar-refractivity contribution is 0.370. The fourth-order valence-corrected chi connectivity index (χ4v) is 4.31. The average Bonchev–Trinajstić information content (AvgIpc) is 3.34. The van der Waals surface area contributed by atoms with Gasteiger partial charge in [0.1, 0.15) is 17.2 Å². The molecular formula is C20H26N6OS. The lowest BCUT2D eigenvalue weighted by atomic mass is 10.1. The number of aryl methyl sites for hydroxylation is 2. The summed E-state index contributed by atoms with van der Waals surface area (Å²) in [5.74, 6) is 2.80. The van der Waals surface area contributed by atoms with Crippen LogP contribution in [0.25, 0.3) is 11.0 Å². The predicted octanol–water partition coefficient (Wildman–Crippen LogP) is 3.05. The molecule has 8 heteroatoms. The molecule has 28 heavy (non-hydrogen) atoms. The molecule has 3 heterocycles. The van der Waals surface area contributed by atoms with Gasteiger partial charge in [0.15, 0.2) is 5.96 Å². The number of furan rings is 1. The summed E-state index contributed by atoms with van der Waals surface area (Å²) >= 11 is 1.50. The average molecular weight is 399 g/mol. The van der Waals surface area contributed by atoms with Crippen molar-refractivity contribution in [3.8, 4) is 0 Å². The molecule has 3 aromatic rings. The molecule has 2 aromatic heterocycles. The van der Waals surface area contributed by atoms with E-state index in [4.69, 9.17) is 4.42 Å². The maximum absolute atomic E-state index is 6.01. The lowest BCUT2D eigenvalue weighted by Gasteiger charge is -2.36. The smallest absolute Gasteiger partial charge is 0.205 e. The van der Waals surface area contributed by atoms with Crippen molar-refractivity contribution in [2.75, 3.05) is 38.1 Å². The molecule has 0 atom stereocenters. The molecule has 0 amide bonds. The van der Waals surface area contributed by atoms with Gasteiger partial charge in [-0.1, -0.05) is 25.1 Å². The summed E-state index contributed by atoms with van der Waals surface area (Å²) in [6, 6.07) is 8.16. The number of benzene rings is 1. The minimum absolute atomic E-state index is 0.629. The number of nitrogens with zero attached hydrogens (tertiary/aromatic N) is 5. The van der Waals surface area contributed by atoms with E-state index in [9.17, 15) is 0 Å². The first-order valence-corrected chi connectivity index (χ1v) is 10.5. The van der Waals surface area contributed by atoms with Crippen molar-refractivity contribution in [3.05, 3.63) is 41.4 Å². The molecule has 1 fully saturated rings. The van der Waals surface area contributed by atoms with E-state index in [1.165, 1.54) is 22.5 Å². The number of hydrogen-bond donors (Lipinski definition) is 1. The molecule has 0 spiro atoms. The van der Waals surface area contributed by atoms with Gasteiger partial charge in [-0.05, 0) is 13.0 Å². The molecule has 0 saturated carbocycles. The summed E-state index contributed by atoms with van der Waals surface area (Å²) in [6.07, 6.45) is 0.883. The van der Waals surface area contributed by atoms with Crippen molar-refractivity contribution in [2.45, 2.75) is 26.8 Å². The molecule has 1 aliphatic heterocycles. The Kier molecular flexibility index (Phi) is 5.47. The van der Waals surface area contributed by atoms with Gasteiger partial charge in [0.25, 0.3) is 0 Å². The van der Waals surface area contributed by atoms with Gasteiger partial charge >= 0.3 is 0 Å². The van der Waals surface area contributed by atoms with Crippen molar-refractivity contribution in [1.82, 2.24) is 19.6 Å². The van der Waals surface area contributed by atoms with Crippen molar-refractivity contribution in [3.63, 3.8) is 0 Å². The van der Waals surface area contributed by atoms with E-state index in [0.717, 1.165) is 60.9 Å². The van der Waals surface area contributed by atoms with Gasteiger partial charge in [-0.15, -0.1) is 0 Å². The zero-order valence-corrected chi connectivity index (χ0v) is 17.4. The van der Waals surface area contributed by atoms with E-state index >= 15 is 0 Å². The summed E-state index contributed by atoms with van der Waals surface area (Å²) in [7, 11) is 1.83. The summed E-state index contributed by atoms with van der Waals surface area (Å²) in [5, 5.41) is 5.66. The highest BCUT2D eigenvalue weighted by Crippen LogP contribution is 2.25. The van der Waals surface area contributed by atoms with Crippen LogP contribution in [0.3, 0.4) is 0 Å². The quantitative estimate of drug-likeness (QED) is 0.538. The third-order valence-electron chi connectivity index (χ3n) is 5.18. The summed E-state index contributed by atoms with van der Waals surface area (Å²) in [5.41, 5.74) is 2.12. The summed E-state index contributed by atoms with van der Waals surface area (Å²) in [6.45, 7) is 8.47. The minimum Gasteiger partial charge on any atom is -0.459 e. The normalized spacial score (nSPS) is 15.5. The first-order chi connectivity index (χ1) is 13.7. The second kappa shape index (κ2) is 8.18. The maximum atomic E-state index is 6.01. The van der Waals surface area contributed by atoms with Gasteiger partial charge in [-0.3, -0.25) is 4.99 Å². The van der Waals surface area contributed by atoms with Crippen LogP contribution in [0.4, 0.5) is 5.13 Å². The van der Waals surface area contributed by atoms with E-state index in [1.807, 2.05) is 25.2 Å². The number of aromatic nitrogens is 2. The third-order valence-corrected chi connectivity index (χ3v) is 6.00. The Balaban J connectivity index is 1.36. The Morgan fingerprint density at radius 1 is 1.25 bits per heavy atom. The highest BCUT2D eigenvalue weighted by molar-refractivity contribution is 7.09. The fourth-order valence-electron chi connectivity index (χ4n) is 3.51. The Morgan fingerprint density at radius 3 is 2.71 bits per heavy atom. The Labute approximate surface area is 169 Å². The zero-order valence-electron chi connectivity index (χ0n) is 16.6. The van der Waals surface area contributed by atoms with Crippen LogP contribution in [0, 0.1) is 6.92 Å². The number of aliphatic imine (C=N–C) groups is 1. The molecule has 1 aromatic carbocycles. The molecule has 148 valence electrons. The largest absolute Gasteiger partial charge is 0.459 e. The highest BCUT2D eigenvalue weighted by Gasteiger charge is 2.22. The van der Waals surface area contributed by atoms with Gasteiger partial charge in [-0.25, -0.2) is 4.98 Å². The molecule has 0 aliphatic carbocycles. The van der Waals surface area contributed by atoms with Gasteiger partial charge in [-0.2, -0.15) is 4.37 Å². The molecular weight excluding hydrogens is 372 g/mol. The van der Waals surface area contributed by atoms with E-state index in [1.54, 1.807) is 0 Å². The number of rotatable bonds is 4. The van der Waals surface area contributed by atoms with Gasteiger partial charge in [0.2, 0.25) is 5.13 Å². The van der Waals surface area contributed by atoms with Crippen LogP contribution in [-0.4, -0.2) is 53.4 Å². The molecule has 0 radical (unpaired) electrons. The van der Waals surface area contributed by atoms with Crippen LogP contribution in [0.5, 0.6) is 0 Å².